The third kappa shape index (κ3) is 3.66. The van der Waals surface area contributed by atoms with Crippen molar-refractivity contribution in [3.8, 4) is 0 Å². The fourth-order valence-corrected chi connectivity index (χ4v) is 2.08. The lowest BCUT2D eigenvalue weighted by molar-refractivity contribution is -0.137. The van der Waals surface area contributed by atoms with Crippen molar-refractivity contribution in [2.75, 3.05) is 0 Å². The Hall–Kier alpha value is -0.260. The van der Waals surface area contributed by atoms with Gasteiger partial charge in [0.05, 0.1) is 11.3 Å². The minimum Gasteiger partial charge on any atom is -0.242 e. The van der Waals surface area contributed by atoms with E-state index < -0.39 is 21.8 Å². The fraction of sp³-hybridized carbons (Fsp3) is 0.250. The molecule has 7 heteroatoms. The second-order valence-electron chi connectivity index (χ2n) is 2.74. The van der Waals surface area contributed by atoms with Crippen LogP contribution in [0, 0.1) is 0 Å². The highest BCUT2D eigenvalue weighted by Gasteiger charge is 2.30. The number of hydrogen-bond acceptors (Lipinski definition) is 1. The van der Waals surface area contributed by atoms with Crippen molar-refractivity contribution >= 4 is 32.3 Å². The van der Waals surface area contributed by atoms with Crippen molar-refractivity contribution in [1.82, 2.24) is 0 Å². The number of alkyl halides is 3. The Morgan fingerprint density at radius 1 is 1.33 bits per heavy atom. The lowest BCUT2D eigenvalue weighted by atomic mass is 10.1. The second kappa shape index (κ2) is 4.72. The van der Waals surface area contributed by atoms with Crippen LogP contribution in [0.2, 0.25) is 5.02 Å². The third-order valence-corrected chi connectivity index (χ3v) is 2.88. The van der Waals surface area contributed by atoms with Gasteiger partial charge in [-0.3, -0.25) is 0 Å². The van der Waals surface area contributed by atoms with Gasteiger partial charge in [0, 0.05) is 5.02 Å². The molecule has 1 nitrogen and oxygen atoms in total. The molecule has 0 radical (unpaired) electrons. The van der Waals surface area contributed by atoms with E-state index in [4.69, 9.17) is 22.3 Å². The molecule has 1 aromatic rings. The van der Waals surface area contributed by atoms with Crippen molar-refractivity contribution in [1.29, 1.82) is 0 Å². The molecule has 1 atom stereocenters. The summed E-state index contributed by atoms with van der Waals surface area (Å²) in [6.07, 6.45) is -4.44. The molecule has 0 fully saturated rings. The lowest BCUT2D eigenvalue weighted by Crippen LogP contribution is -2.05. The van der Waals surface area contributed by atoms with Crippen LogP contribution in [0.1, 0.15) is 11.1 Å². The Balaban J connectivity index is 3.11. The van der Waals surface area contributed by atoms with E-state index in [1.165, 1.54) is 0 Å². The molecule has 1 aromatic carbocycles. The van der Waals surface area contributed by atoms with Crippen molar-refractivity contribution < 1.29 is 17.4 Å². The topological polar surface area (TPSA) is 17.1 Å². The zero-order valence-electron chi connectivity index (χ0n) is 7.15. The fourth-order valence-electron chi connectivity index (χ4n) is 0.984. The van der Waals surface area contributed by atoms with Crippen molar-refractivity contribution in [2.45, 2.75) is 11.9 Å². The first kappa shape index (κ1) is 12.8. The molecule has 0 amide bonds. The number of halogens is 5. The Morgan fingerprint density at radius 2 is 1.93 bits per heavy atom. The van der Waals surface area contributed by atoms with Crippen LogP contribution in [0.25, 0.3) is 0 Å². The Kier molecular flexibility index (Phi) is 4.03. The molecule has 0 spiro atoms. The van der Waals surface area contributed by atoms with Crippen LogP contribution in [0.5, 0.6) is 0 Å². The van der Waals surface area contributed by atoms with E-state index >= 15 is 0 Å². The highest BCUT2D eigenvalue weighted by Crippen LogP contribution is 2.32. The molecule has 0 bridgehead atoms. The first-order valence-corrected chi connectivity index (χ1v) is 6.23. The number of rotatable bonds is 2. The summed E-state index contributed by atoms with van der Waals surface area (Å²) in [5.41, 5.74) is -0.705. The van der Waals surface area contributed by atoms with Gasteiger partial charge in [-0.05, 0) is 34.4 Å². The molecule has 84 valence electrons. The van der Waals surface area contributed by atoms with Gasteiger partial charge in [0.25, 0.3) is 0 Å². The monoisotopic (exact) mass is 276 g/mol. The Labute approximate surface area is 96.1 Å². The zero-order chi connectivity index (χ0) is 11.6. The van der Waals surface area contributed by atoms with Gasteiger partial charge in [-0.2, -0.15) is 13.2 Å². The van der Waals surface area contributed by atoms with E-state index in [2.05, 4.69) is 0 Å². The minimum absolute atomic E-state index is 0.122. The molecular formula is C8H5Cl2F3OS. The molecule has 0 aliphatic rings. The first-order valence-electron chi connectivity index (χ1n) is 3.71. The standard InChI is InChI=1S/C8H5Cl2F3OS/c9-7-2-1-6(8(11,12)13)3-5(7)4-15(10)14/h1-3H,4H2. The summed E-state index contributed by atoms with van der Waals surface area (Å²) in [5, 5.41) is 0.122. The smallest absolute Gasteiger partial charge is 0.242 e. The highest BCUT2D eigenvalue weighted by atomic mass is 35.7. The molecule has 1 unspecified atom stereocenters. The van der Waals surface area contributed by atoms with E-state index in [9.17, 15) is 17.4 Å². The van der Waals surface area contributed by atoms with Gasteiger partial charge in [-0.1, -0.05) is 11.6 Å². The van der Waals surface area contributed by atoms with Crippen LogP contribution in [-0.2, 0) is 21.9 Å². The molecule has 15 heavy (non-hydrogen) atoms. The lowest BCUT2D eigenvalue weighted by Gasteiger charge is -2.09. The van der Waals surface area contributed by atoms with E-state index in [-0.39, 0.29) is 16.3 Å². The predicted molar refractivity (Wildman–Crippen MR) is 54.2 cm³/mol. The van der Waals surface area contributed by atoms with Crippen LogP contribution < -0.4 is 0 Å². The predicted octanol–water partition coefficient (Wildman–Crippen LogP) is 3.76. The van der Waals surface area contributed by atoms with E-state index in [0.717, 1.165) is 18.2 Å². The summed E-state index contributed by atoms with van der Waals surface area (Å²) in [6.45, 7) is 0. The van der Waals surface area contributed by atoms with E-state index in [1.54, 1.807) is 0 Å². The average Bonchev–Trinajstić information content (AvgIpc) is 2.06. The minimum atomic E-state index is -4.44. The van der Waals surface area contributed by atoms with Crippen LogP contribution in [0.4, 0.5) is 13.2 Å². The van der Waals surface area contributed by atoms with E-state index in [1.807, 2.05) is 0 Å². The molecule has 0 N–H and O–H groups in total. The van der Waals surface area contributed by atoms with Gasteiger partial charge >= 0.3 is 6.18 Å². The molecular weight excluding hydrogens is 272 g/mol. The molecule has 0 aromatic heterocycles. The van der Waals surface area contributed by atoms with Crippen LogP contribution in [0.3, 0.4) is 0 Å². The van der Waals surface area contributed by atoms with Gasteiger partial charge in [0.1, 0.15) is 10.0 Å². The van der Waals surface area contributed by atoms with E-state index in [0.29, 0.717) is 0 Å². The highest BCUT2D eigenvalue weighted by molar-refractivity contribution is 8.07. The number of hydrogen-bond donors (Lipinski definition) is 0. The zero-order valence-corrected chi connectivity index (χ0v) is 9.47. The van der Waals surface area contributed by atoms with Gasteiger partial charge in [0.2, 0.25) is 0 Å². The van der Waals surface area contributed by atoms with Gasteiger partial charge in [-0.25, -0.2) is 4.21 Å². The van der Waals surface area contributed by atoms with Crippen molar-refractivity contribution in [2.24, 2.45) is 0 Å². The summed E-state index contributed by atoms with van der Waals surface area (Å²) in [4.78, 5) is 0. The quantitative estimate of drug-likeness (QED) is 0.752. The SMILES string of the molecule is O=S(Cl)Cc1cc(C(F)(F)F)ccc1Cl. The number of benzene rings is 1. The Morgan fingerprint density at radius 3 is 2.40 bits per heavy atom. The summed E-state index contributed by atoms with van der Waals surface area (Å²) >= 11 is 5.63. The maximum atomic E-state index is 12.3. The normalized spacial score (nSPS) is 13.9. The van der Waals surface area contributed by atoms with Crippen molar-refractivity contribution in [3.63, 3.8) is 0 Å². The van der Waals surface area contributed by atoms with Crippen LogP contribution >= 0.6 is 22.3 Å². The maximum Gasteiger partial charge on any atom is 0.416 e. The second-order valence-corrected chi connectivity index (χ2v) is 5.05. The summed E-state index contributed by atoms with van der Waals surface area (Å²) in [5.74, 6) is -0.204. The molecule has 0 aliphatic heterocycles. The Bertz CT molecular complexity index is 392. The van der Waals surface area contributed by atoms with Gasteiger partial charge < -0.3 is 0 Å². The molecule has 0 saturated heterocycles. The van der Waals surface area contributed by atoms with Crippen LogP contribution in [-0.4, -0.2) is 4.21 Å². The third-order valence-electron chi connectivity index (χ3n) is 1.64. The molecule has 1 rings (SSSR count). The molecule has 0 aliphatic carbocycles. The summed E-state index contributed by atoms with van der Waals surface area (Å²) in [7, 11) is 3.44. The summed E-state index contributed by atoms with van der Waals surface area (Å²) in [6, 6.07) is 2.83. The summed E-state index contributed by atoms with van der Waals surface area (Å²) < 4.78 is 47.5. The maximum absolute atomic E-state index is 12.3. The van der Waals surface area contributed by atoms with Gasteiger partial charge in [-0.15, -0.1) is 0 Å². The largest absolute Gasteiger partial charge is 0.416 e. The van der Waals surface area contributed by atoms with Crippen molar-refractivity contribution in [3.05, 3.63) is 34.3 Å². The molecule has 0 heterocycles. The van der Waals surface area contributed by atoms with Crippen LogP contribution in [0.15, 0.2) is 18.2 Å². The molecule has 0 saturated carbocycles. The first-order chi connectivity index (χ1) is 6.80. The average molecular weight is 277 g/mol. The van der Waals surface area contributed by atoms with Gasteiger partial charge in [0.15, 0.2) is 0 Å².